The maximum atomic E-state index is 9.66. The number of phenolic OH excluding ortho intramolecular Hbond substituents is 1. The molecule has 6 nitrogen and oxygen atoms in total. The summed E-state index contributed by atoms with van der Waals surface area (Å²) in [4.78, 5) is 0.716. The third kappa shape index (κ3) is 4.43. The Balaban J connectivity index is 3.14. The van der Waals surface area contributed by atoms with E-state index in [0.29, 0.717) is 10.5 Å². The molecule has 6 heteroatoms. The van der Waals surface area contributed by atoms with Gasteiger partial charge in [0.25, 0.3) is 0 Å². The van der Waals surface area contributed by atoms with Gasteiger partial charge >= 0.3 is 0 Å². The second-order valence-electron chi connectivity index (χ2n) is 5.23. The van der Waals surface area contributed by atoms with E-state index in [2.05, 4.69) is 0 Å². The monoisotopic (exact) mass is 285 g/mol. The fraction of sp³-hybridized carbons (Fsp3) is 0.571. The lowest BCUT2D eigenvalue weighted by Gasteiger charge is -2.39. The van der Waals surface area contributed by atoms with Gasteiger partial charge in [0, 0.05) is 20.4 Å². The summed E-state index contributed by atoms with van der Waals surface area (Å²) in [5.74, 6) is -4.78. The van der Waals surface area contributed by atoms with Crippen molar-refractivity contribution in [1.29, 1.82) is 0 Å². The van der Waals surface area contributed by atoms with E-state index in [1.54, 1.807) is 12.1 Å². The molecule has 0 saturated heterocycles. The van der Waals surface area contributed by atoms with Crippen LogP contribution >= 0.6 is 0 Å². The molecule has 0 aliphatic heterocycles. The molecule has 5 N–H and O–H groups in total. The first-order chi connectivity index (χ1) is 9.05. The fourth-order valence-electron chi connectivity index (χ4n) is 2.14. The number of benzene rings is 1. The van der Waals surface area contributed by atoms with E-state index >= 15 is 0 Å². The Hall–Kier alpha value is -1.18. The molecule has 1 aromatic rings. The van der Waals surface area contributed by atoms with Crippen molar-refractivity contribution < 1.29 is 25.5 Å². The number of hydrogen-bond donors (Lipinski definition) is 5. The molecule has 20 heavy (non-hydrogen) atoms. The maximum absolute atomic E-state index is 9.66. The summed E-state index contributed by atoms with van der Waals surface area (Å²) in [5, 5.41) is 48.2. The van der Waals surface area contributed by atoms with Crippen molar-refractivity contribution in [1.82, 2.24) is 4.90 Å². The Labute approximate surface area is 118 Å². The first-order valence-electron chi connectivity index (χ1n) is 6.53. The van der Waals surface area contributed by atoms with Crippen LogP contribution in [0.15, 0.2) is 18.2 Å². The van der Waals surface area contributed by atoms with Crippen LogP contribution in [0.5, 0.6) is 5.75 Å². The Bertz CT molecular complexity index is 434. The molecule has 0 aromatic heterocycles. The minimum Gasteiger partial charge on any atom is -0.508 e. The second-order valence-corrected chi connectivity index (χ2v) is 5.23. The highest BCUT2D eigenvalue weighted by Gasteiger charge is 2.39. The average Bonchev–Trinajstić information content (AvgIpc) is 2.26. The third-order valence-corrected chi connectivity index (χ3v) is 3.06. The topological polar surface area (TPSA) is 104 Å². The number of hydrogen-bond acceptors (Lipinski definition) is 6. The number of aromatic hydroxyl groups is 1. The van der Waals surface area contributed by atoms with Gasteiger partial charge in [-0.1, -0.05) is 19.4 Å². The normalized spacial score (nSPS) is 13.0. The van der Waals surface area contributed by atoms with Crippen molar-refractivity contribution in [2.45, 2.75) is 52.0 Å². The maximum Gasteiger partial charge on any atom is 0.226 e. The molecule has 0 aliphatic rings. The lowest BCUT2D eigenvalue weighted by Crippen LogP contribution is -2.58. The van der Waals surface area contributed by atoms with Gasteiger partial charge in [-0.3, -0.25) is 0 Å². The van der Waals surface area contributed by atoms with Crippen LogP contribution in [0.25, 0.3) is 0 Å². The highest BCUT2D eigenvalue weighted by atomic mass is 16.6. The lowest BCUT2D eigenvalue weighted by molar-refractivity contribution is -0.374. The van der Waals surface area contributed by atoms with Crippen LogP contribution < -0.4 is 0 Å². The molecule has 0 atom stereocenters. The smallest absolute Gasteiger partial charge is 0.226 e. The number of nitrogens with zero attached hydrogens (tertiary/aromatic N) is 1. The van der Waals surface area contributed by atoms with Gasteiger partial charge in [0.1, 0.15) is 5.75 Å². The number of aliphatic hydroxyl groups is 4. The average molecular weight is 285 g/mol. The Morgan fingerprint density at radius 1 is 1.00 bits per heavy atom. The van der Waals surface area contributed by atoms with Crippen LogP contribution in [0.1, 0.15) is 38.3 Å². The zero-order valence-electron chi connectivity index (χ0n) is 12.0. The number of rotatable bonds is 6. The Morgan fingerprint density at radius 2 is 1.55 bits per heavy atom. The second kappa shape index (κ2) is 6.07. The lowest BCUT2D eigenvalue weighted by atomic mass is 10.0. The van der Waals surface area contributed by atoms with Crippen LogP contribution in [0, 0.1) is 0 Å². The number of aryl methyl sites for hydroxylation is 1. The van der Waals surface area contributed by atoms with Crippen LogP contribution in [-0.2, 0) is 13.0 Å². The molecule has 114 valence electrons. The summed E-state index contributed by atoms with van der Waals surface area (Å²) < 4.78 is 0. The molecule has 0 unspecified atom stereocenters. The minimum absolute atomic E-state index is 0.0370. The quantitative estimate of drug-likeness (QED) is 0.487. The van der Waals surface area contributed by atoms with Gasteiger partial charge in [-0.25, -0.2) is 0 Å². The van der Waals surface area contributed by atoms with E-state index in [1.807, 2.05) is 6.92 Å². The van der Waals surface area contributed by atoms with Crippen LogP contribution in [0.3, 0.4) is 0 Å². The Morgan fingerprint density at radius 3 is 2.00 bits per heavy atom. The van der Waals surface area contributed by atoms with Gasteiger partial charge in [0.15, 0.2) is 0 Å². The largest absolute Gasteiger partial charge is 0.508 e. The van der Waals surface area contributed by atoms with Crippen molar-refractivity contribution in [3.63, 3.8) is 0 Å². The summed E-state index contributed by atoms with van der Waals surface area (Å²) in [6.07, 6.45) is 1.62. The van der Waals surface area contributed by atoms with E-state index in [9.17, 15) is 25.5 Å². The molecule has 0 spiro atoms. The predicted octanol–water partition coefficient (Wildman–Crippen LogP) is 0.463. The molecule has 0 heterocycles. The minimum atomic E-state index is -2.41. The summed E-state index contributed by atoms with van der Waals surface area (Å²) >= 11 is 0. The van der Waals surface area contributed by atoms with Crippen molar-refractivity contribution in [3.05, 3.63) is 29.3 Å². The zero-order chi connectivity index (χ0) is 15.6. The van der Waals surface area contributed by atoms with Gasteiger partial charge in [-0.15, -0.1) is 0 Å². The molecule has 0 radical (unpaired) electrons. The van der Waals surface area contributed by atoms with E-state index < -0.39 is 11.8 Å². The molecule has 0 bridgehead atoms. The van der Waals surface area contributed by atoms with Crippen molar-refractivity contribution in [2.24, 2.45) is 0 Å². The summed E-state index contributed by atoms with van der Waals surface area (Å²) in [6, 6.07) is 4.77. The summed E-state index contributed by atoms with van der Waals surface area (Å²) in [7, 11) is 0. The van der Waals surface area contributed by atoms with Gasteiger partial charge < -0.3 is 25.5 Å². The molecule has 1 rings (SSSR count). The molecule has 0 amide bonds. The van der Waals surface area contributed by atoms with Crippen LogP contribution in [0.4, 0.5) is 0 Å². The summed E-state index contributed by atoms with van der Waals surface area (Å²) in [6.45, 7) is 3.95. The molecule has 0 aliphatic carbocycles. The molecular weight excluding hydrogens is 262 g/mol. The van der Waals surface area contributed by atoms with Crippen LogP contribution in [0.2, 0.25) is 0 Å². The van der Waals surface area contributed by atoms with Gasteiger partial charge in [-0.05, 0) is 29.7 Å². The highest BCUT2D eigenvalue weighted by molar-refractivity contribution is 5.35. The van der Waals surface area contributed by atoms with Gasteiger partial charge in [0.2, 0.25) is 11.8 Å². The number of phenols is 1. The van der Waals surface area contributed by atoms with Crippen molar-refractivity contribution in [3.8, 4) is 5.75 Å². The first-order valence-corrected chi connectivity index (χ1v) is 6.53. The molecule has 0 fully saturated rings. The van der Waals surface area contributed by atoms with Crippen LogP contribution in [-0.4, -0.2) is 42.3 Å². The van der Waals surface area contributed by atoms with E-state index in [4.69, 9.17) is 0 Å². The Kier molecular flexibility index (Phi) is 5.12. The van der Waals surface area contributed by atoms with Crippen molar-refractivity contribution in [2.75, 3.05) is 0 Å². The third-order valence-electron chi connectivity index (χ3n) is 3.06. The highest BCUT2D eigenvalue weighted by Crippen LogP contribution is 2.25. The van der Waals surface area contributed by atoms with E-state index in [1.165, 1.54) is 6.07 Å². The standard InChI is InChI=1S/C14H23NO5/c1-4-5-10-6-7-12(16)8-11(10)9-15(13(2,17)18)14(3,19)20/h6-8,16-20H,4-5,9H2,1-3H3. The fourth-order valence-corrected chi connectivity index (χ4v) is 2.14. The van der Waals surface area contributed by atoms with E-state index in [-0.39, 0.29) is 12.3 Å². The predicted molar refractivity (Wildman–Crippen MR) is 73.3 cm³/mol. The van der Waals surface area contributed by atoms with E-state index in [0.717, 1.165) is 32.3 Å². The molecule has 1 aromatic carbocycles. The van der Waals surface area contributed by atoms with Gasteiger partial charge in [-0.2, -0.15) is 4.90 Å². The van der Waals surface area contributed by atoms with Gasteiger partial charge in [0.05, 0.1) is 0 Å². The molecule has 0 saturated carbocycles. The zero-order valence-corrected chi connectivity index (χ0v) is 12.0. The molecular formula is C14H23NO5. The summed E-state index contributed by atoms with van der Waals surface area (Å²) in [5.41, 5.74) is 1.51. The first kappa shape index (κ1) is 16.9. The van der Waals surface area contributed by atoms with Crippen molar-refractivity contribution >= 4 is 0 Å². The SMILES string of the molecule is CCCc1ccc(O)cc1CN(C(C)(O)O)C(C)(O)O.